The summed E-state index contributed by atoms with van der Waals surface area (Å²) in [5.74, 6) is -1.42. The Morgan fingerprint density at radius 2 is 2.00 bits per heavy atom. The van der Waals surface area contributed by atoms with Gasteiger partial charge in [0, 0.05) is 0 Å². The quantitative estimate of drug-likeness (QED) is 0.605. The lowest BCUT2D eigenvalue weighted by atomic mass is 9.98. The van der Waals surface area contributed by atoms with Gasteiger partial charge in [0.25, 0.3) is 0 Å². The molecule has 1 amide bonds. The molecule has 0 rings (SSSR count). The van der Waals surface area contributed by atoms with Gasteiger partial charge in [0.05, 0.1) is 6.04 Å². The van der Waals surface area contributed by atoms with E-state index in [9.17, 15) is 9.59 Å². The van der Waals surface area contributed by atoms with Crippen LogP contribution in [0.4, 0.5) is 0 Å². The number of rotatable bonds is 7. The normalized spacial score (nSPS) is 16.2. The highest BCUT2D eigenvalue weighted by molar-refractivity contribution is 5.89. The third-order valence-corrected chi connectivity index (χ3v) is 2.78. The molecule has 0 aromatic rings. The van der Waals surface area contributed by atoms with Crippen molar-refractivity contribution in [2.24, 2.45) is 5.73 Å². The molecule has 0 saturated carbocycles. The Balaban J connectivity index is 4.36. The van der Waals surface area contributed by atoms with Crippen LogP contribution in [-0.2, 0) is 9.59 Å². The largest absolute Gasteiger partial charge is 0.480 e. The summed E-state index contributed by atoms with van der Waals surface area (Å²) >= 11 is 0. The molecule has 0 aromatic carbocycles. The minimum Gasteiger partial charge on any atom is -0.480 e. The molecule has 0 aliphatic rings. The molecule has 4 N–H and O–H groups in total. The third-order valence-electron chi connectivity index (χ3n) is 2.78. The van der Waals surface area contributed by atoms with E-state index in [1.807, 2.05) is 6.92 Å². The van der Waals surface area contributed by atoms with Gasteiger partial charge in [-0.05, 0) is 19.8 Å². The lowest BCUT2D eigenvalue weighted by Gasteiger charge is -2.26. The topological polar surface area (TPSA) is 92.4 Å². The first-order valence-electron chi connectivity index (χ1n) is 5.68. The van der Waals surface area contributed by atoms with Crippen LogP contribution in [-0.4, -0.2) is 28.6 Å². The van der Waals surface area contributed by atoms with Crippen molar-refractivity contribution in [3.63, 3.8) is 0 Å². The Morgan fingerprint density at radius 1 is 1.44 bits per heavy atom. The molecule has 0 bridgehead atoms. The standard InChI is InChI=1S/C11H22N2O3/c1-4-6-7-8(12)9(14)13-11(3,5-2)10(15)16/h8H,4-7,12H2,1-3H3,(H,13,14)(H,15,16)/t8-,11?/m0/s1. The molecule has 1 unspecified atom stereocenters. The van der Waals surface area contributed by atoms with Crippen molar-refractivity contribution in [1.82, 2.24) is 5.32 Å². The average Bonchev–Trinajstić information content (AvgIpc) is 2.25. The maximum Gasteiger partial charge on any atom is 0.329 e. The SMILES string of the molecule is CCCC[C@H](N)C(=O)NC(C)(CC)C(=O)O. The van der Waals surface area contributed by atoms with Gasteiger partial charge in [0.15, 0.2) is 0 Å². The van der Waals surface area contributed by atoms with Gasteiger partial charge in [-0.1, -0.05) is 26.7 Å². The Labute approximate surface area is 96.4 Å². The van der Waals surface area contributed by atoms with Crippen LogP contribution in [0, 0.1) is 0 Å². The molecule has 94 valence electrons. The third kappa shape index (κ3) is 4.18. The van der Waals surface area contributed by atoms with E-state index in [0.717, 1.165) is 12.8 Å². The van der Waals surface area contributed by atoms with Gasteiger partial charge in [0.2, 0.25) is 5.91 Å². The first kappa shape index (κ1) is 14.9. The van der Waals surface area contributed by atoms with E-state index in [2.05, 4.69) is 5.32 Å². The van der Waals surface area contributed by atoms with E-state index in [-0.39, 0.29) is 5.91 Å². The average molecular weight is 230 g/mol. The smallest absolute Gasteiger partial charge is 0.329 e. The van der Waals surface area contributed by atoms with E-state index in [1.165, 1.54) is 6.92 Å². The fourth-order valence-electron chi connectivity index (χ4n) is 1.21. The second-order valence-corrected chi connectivity index (χ2v) is 4.23. The molecular weight excluding hydrogens is 208 g/mol. The van der Waals surface area contributed by atoms with E-state index in [0.29, 0.717) is 12.8 Å². The number of nitrogens with one attached hydrogen (secondary N) is 1. The molecule has 0 aliphatic carbocycles. The van der Waals surface area contributed by atoms with Gasteiger partial charge >= 0.3 is 5.97 Å². The van der Waals surface area contributed by atoms with Crippen molar-refractivity contribution in [2.75, 3.05) is 0 Å². The van der Waals surface area contributed by atoms with Crippen molar-refractivity contribution >= 4 is 11.9 Å². The monoisotopic (exact) mass is 230 g/mol. The summed E-state index contributed by atoms with van der Waals surface area (Å²) in [6, 6.07) is -0.620. The highest BCUT2D eigenvalue weighted by atomic mass is 16.4. The fraction of sp³-hybridized carbons (Fsp3) is 0.818. The van der Waals surface area contributed by atoms with Crippen LogP contribution in [0.1, 0.15) is 46.5 Å². The molecule has 0 aromatic heterocycles. The number of aliphatic carboxylic acids is 1. The second-order valence-electron chi connectivity index (χ2n) is 4.23. The number of carbonyl (C=O) groups is 2. The predicted octanol–water partition coefficient (Wildman–Crippen LogP) is 0.873. The van der Waals surface area contributed by atoms with Crippen molar-refractivity contribution < 1.29 is 14.7 Å². The number of carboxylic acids is 1. The highest BCUT2D eigenvalue weighted by Gasteiger charge is 2.33. The molecule has 0 spiro atoms. The number of amides is 1. The summed E-state index contributed by atoms with van der Waals surface area (Å²) in [6.45, 7) is 5.21. The Morgan fingerprint density at radius 3 is 2.38 bits per heavy atom. The van der Waals surface area contributed by atoms with Gasteiger partial charge in [-0.15, -0.1) is 0 Å². The van der Waals surface area contributed by atoms with E-state index in [1.54, 1.807) is 6.92 Å². The molecule has 0 heterocycles. The molecule has 2 atom stereocenters. The number of nitrogens with two attached hydrogens (primary N) is 1. The first-order valence-corrected chi connectivity index (χ1v) is 5.68. The second kappa shape index (κ2) is 6.48. The minimum atomic E-state index is -1.22. The summed E-state index contributed by atoms with van der Waals surface area (Å²) in [7, 11) is 0. The summed E-state index contributed by atoms with van der Waals surface area (Å²) in [4.78, 5) is 22.6. The number of carbonyl (C=O) groups excluding carboxylic acids is 1. The van der Waals surface area contributed by atoms with Crippen LogP contribution in [0.3, 0.4) is 0 Å². The summed E-state index contributed by atoms with van der Waals surface area (Å²) < 4.78 is 0. The van der Waals surface area contributed by atoms with Gasteiger partial charge in [-0.3, -0.25) is 4.79 Å². The number of carboxylic acid groups (broad SMARTS) is 1. The molecule has 5 heteroatoms. The molecular formula is C11H22N2O3. The van der Waals surface area contributed by atoms with Crippen LogP contribution < -0.4 is 11.1 Å². The Hall–Kier alpha value is -1.10. The molecule has 0 saturated heterocycles. The Kier molecular flexibility index (Phi) is 6.03. The van der Waals surface area contributed by atoms with Crippen LogP contribution >= 0.6 is 0 Å². The zero-order chi connectivity index (χ0) is 12.8. The van der Waals surface area contributed by atoms with Crippen LogP contribution in [0.15, 0.2) is 0 Å². The van der Waals surface area contributed by atoms with Crippen molar-refractivity contribution in [1.29, 1.82) is 0 Å². The fourth-order valence-corrected chi connectivity index (χ4v) is 1.21. The van der Waals surface area contributed by atoms with Gasteiger partial charge in [-0.2, -0.15) is 0 Å². The number of hydrogen-bond acceptors (Lipinski definition) is 3. The molecule has 0 aliphatic heterocycles. The van der Waals surface area contributed by atoms with E-state index >= 15 is 0 Å². The molecule has 16 heavy (non-hydrogen) atoms. The molecule has 5 nitrogen and oxygen atoms in total. The predicted molar refractivity (Wildman–Crippen MR) is 62.0 cm³/mol. The maximum atomic E-state index is 11.6. The zero-order valence-electron chi connectivity index (χ0n) is 10.2. The highest BCUT2D eigenvalue weighted by Crippen LogP contribution is 2.10. The lowest BCUT2D eigenvalue weighted by molar-refractivity contribution is -0.147. The lowest BCUT2D eigenvalue weighted by Crippen LogP contribution is -2.56. The maximum absolute atomic E-state index is 11.6. The van der Waals surface area contributed by atoms with Crippen LogP contribution in [0.2, 0.25) is 0 Å². The summed E-state index contributed by atoms with van der Waals surface area (Å²) in [5, 5.41) is 11.5. The van der Waals surface area contributed by atoms with Crippen LogP contribution in [0.25, 0.3) is 0 Å². The van der Waals surface area contributed by atoms with Gasteiger partial charge < -0.3 is 16.2 Å². The molecule has 0 radical (unpaired) electrons. The zero-order valence-corrected chi connectivity index (χ0v) is 10.2. The van der Waals surface area contributed by atoms with Gasteiger partial charge in [0.1, 0.15) is 5.54 Å². The van der Waals surface area contributed by atoms with E-state index < -0.39 is 17.6 Å². The van der Waals surface area contributed by atoms with Crippen molar-refractivity contribution in [3.05, 3.63) is 0 Å². The first-order chi connectivity index (χ1) is 7.37. The van der Waals surface area contributed by atoms with Crippen LogP contribution in [0.5, 0.6) is 0 Å². The van der Waals surface area contributed by atoms with E-state index in [4.69, 9.17) is 10.8 Å². The summed E-state index contributed by atoms with van der Waals surface area (Å²) in [6.07, 6.45) is 2.74. The van der Waals surface area contributed by atoms with Gasteiger partial charge in [-0.25, -0.2) is 4.79 Å². The minimum absolute atomic E-state index is 0.328. The number of unbranched alkanes of at least 4 members (excludes halogenated alkanes) is 1. The number of hydrogen-bond donors (Lipinski definition) is 3. The van der Waals surface area contributed by atoms with Crippen molar-refractivity contribution in [3.8, 4) is 0 Å². The molecule has 0 fully saturated rings. The van der Waals surface area contributed by atoms with Crippen molar-refractivity contribution in [2.45, 2.75) is 58.0 Å². The Bertz CT molecular complexity index is 256. The summed E-state index contributed by atoms with van der Waals surface area (Å²) in [5.41, 5.74) is 4.44.